The molecule has 1 saturated carbocycles. The Balaban J connectivity index is 1.39. The molecule has 0 aromatic rings. The molecule has 0 amide bonds. The summed E-state index contributed by atoms with van der Waals surface area (Å²) in [6.45, 7) is 7.68. The Kier molecular flexibility index (Phi) is 4.85. The lowest BCUT2D eigenvalue weighted by Crippen LogP contribution is -2.54. The van der Waals surface area contributed by atoms with E-state index in [9.17, 15) is 0 Å². The van der Waals surface area contributed by atoms with Crippen molar-refractivity contribution in [2.75, 3.05) is 50.8 Å². The molecule has 1 N–H and O–H groups in total. The summed E-state index contributed by atoms with van der Waals surface area (Å²) in [4.78, 5) is 5.43. The number of nitrogens with zero attached hydrogens (tertiary/aromatic N) is 2. The molecule has 2 aliphatic heterocycles. The maximum atomic E-state index is 3.66. The Morgan fingerprint density at radius 3 is 2.50 bits per heavy atom. The highest BCUT2D eigenvalue weighted by atomic mass is 32.2. The van der Waals surface area contributed by atoms with E-state index in [4.69, 9.17) is 0 Å². The predicted molar refractivity (Wildman–Crippen MR) is 79.4 cm³/mol. The number of thioether (sulfide) groups is 1. The molecule has 0 bridgehead atoms. The maximum Gasteiger partial charge on any atom is 0.0285 e. The Labute approximate surface area is 116 Å². The van der Waals surface area contributed by atoms with Gasteiger partial charge < -0.3 is 5.32 Å². The normalized spacial score (nSPS) is 33.0. The first-order valence-corrected chi connectivity index (χ1v) is 8.85. The second kappa shape index (κ2) is 6.60. The number of rotatable bonds is 3. The first-order valence-electron chi connectivity index (χ1n) is 7.69. The molecule has 1 aliphatic carbocycles. The molecular weight excluding hydrogens is 242 g/mol. The number of hydrogen-bond acceptors (Lipinski definition) is 4. The van der Waals surface area contributed by atoms with Crippen LogP contribution in [0.15, 0.2) is 0 Å². The quantitative estimate of drug-likeness (QED) is 0.831. The van der Waals surface area contributed by atoms with Crippen molar-refractivity contribution in [1.82, 2.24) is 15.1 Å². The van der Waals surface area contributed by atoms with Crippen LogP contribution in [0.2, 0.25) is 0 Å². The van der Waals surface area contributed by atoms with Crippen LogP contribution in [0, 0.1) is 0 Å². The van der Waals surface area contributed by atoms with Crippen molar-refractivity contribution < 1.29 is 0 Å². The van der Waals surface area contributed by atoms with Gasteiger partial charge in [0.1, 0.15) is 0 Å². The SMILES string of the molecule is C1CCC(N2CCN(CC3CSCCN3)CC2)C1. The van der Waals surface area contributed by atoms with Crippen LogP contribution < -0.4 is 5.32 Å². The zero-order chi connectivity index (χ0) is 12.2. The molecule has 2 saturated heterocycles. The summed E-state index contributed by atoms with van der Waals surface area (Å²) < 4.78 is 0. The first kappa shape index (κ1) is 13.2. The molecule has 2 heterocycles. The van der Waals surface area contributed by atoms with Gasteiger partial charge in [-0.25, -0.2) is 0 Å². The maximum absolute atomic E-state index is 3.66. The van der Waals surface area contributed by atoms with Crippen molar-refractivity contribution in [2.24, 2.45) is 0 Å². The molecule has 3 aliphatic rings. The molecule has 0 aromatic carbocycles. The largest absolute Gasteiger partial charge is 0.311 e. The van der Waals surface area contributed by atoms with Crippen LogP contribution in [0.4, 0.5) is 0 Å². The Hall–Kier alpha value is 0.230. The van der Waals surface area contributed by atoms with Crippen LogP contribution >= 0.6 is 11.8 Å². The van der Waals surface area contributed by atoms with Crippen molar-refractivity contribution in [3.05, 3.63) is 0 Å². The molecular formula is C14H27N3S. The molecule has 0 radical (unpaired) electrons. The molecule has 3 fully saturated rings. The van der Waals surface area contributed by atoms with Crippen molar-refractivity contribution >= 4 is 11.8 Å². The van der Waals surface area contributed by atoms with E-state index >= 15 is 0 Å². The van der Waals surface area contributed by atoms with Crippen LogP contribution in [-0.2, 0) is 0 Å². The topological polar surface area (TPSA) is 18.5 Å². The average molecular weight is 269 g/mol. The van der Waals surface area contributed by atoms with E-state index in [2.05, 4.69) is 26.9 Å². The molecule has 18 heavy (non-hydrogen) atoms. The summed E-state index contributed by atoms with van der Waals surface area (Å²) in [7, 11) is 0. The fraction of sp³-hybridized carbons (Fsp3) is 1.00. The standard InChI is InChI=1S/C14H27N3S/c1-2-4-14(3-1)17-8-6-16(7-9-17)11-13-12-18-10-5-15-13/h13-15H,1-12H2. The number of nitrogens with one attached hydrogen (secondary N) is 1. The zero-order valence-electron chi connectivity index (χ0n) is 11.4. The molecule has 4 heteroatoms. The minimum absolute atomic E-state index is 0.738. The van der Waals surface area contributed by atoms with Gasteiger partial charge in [0, 0.05) is 62.9 Å². The summed E-state index contributed by atoms with van der Waals surface area (Å²) in [6.07, 6.45) is 5.85. The van der Waals surface area contributed by atoms with Gasteiger partial charge in [0.05, 0.1) is 0 Å². The highest BCUT2D eigenvalue weighted by molar-refractivity contribution is 7.99. The fourth-order valence-electron chi connectivity index (χ4n) is 3.63. The van der Waals surface area contributed by atoms with Gasteiger partial charge in [-0.1, -0.05) is 12.8 Å². The van der Waals surface area contributed by atoms with Crippen molar-refractivity contribution in [3.8, 4) is 0 Å². The highest BCUT2D eigenvalue weighted by Crippen LogP contribution is 2.24. The summed E-state index contributed by atoms with van der Waals surface area (Å²) in [6, 6.07) is 1.66. The number of piperazine rings is 1. The van der Waals surface area contributed by atoms with Crippen LogP contribution in [0.3, 0.4) is 0 Å². The Morgan fingerprint density at radius 2 is 1.83 bits per heavy atom. The Morgan fingerprint density at radius 1 is 1.06 bits per heavy atom. The van der Waals surface area contributed by atoms with Crippen molar-refractivity contribution in [3.63, 3.8) is 0 Å². The third-order valence-electron chi connectivity index (χ3n) is 4.73. The lowest BCUT2D eigenvalue weighted by Gasteiger charge is -2.39. The van der Waals surface area contributed by atoms with Crippen LogP contribution in [0.5, 0.6) is 0 Å². The van der Waals surface area contributed by atoms with Crippen LogP contribution in [0.1, 0.15) is 25.7 Å². The lowest BCUT2D eigenvalue weighted by molar-refractivity contribution is 0.0930. The van der Waals surface area contributed by atoms with E-state index in [-0.39, 0.29) is 0 Å². The second-order valence-corrected chi connectivity index (χ2v) is 7.15. The average Bonchev–Trinajstić information content (AvgIpc) is 2.95. The molecule has 1 unspecified atom stereocenters. The minimum atomic E-state index is 0.738. The molecule has 0 spiro atoms. The van der Waals surface area contributed by atoms with Gasteiger partial charge in [-0.05, 0) is 12.8 Å². The zero-order valence-corrected chi connectivity index (χ0v) is 12.3. The van der Waals surface area contributed by atoms with Crippen LogP contribution in [-0.4, -0.2) is 72.7 Å². The monoisotopic (exact) mass is 269 g/mol. The molecule has 0 aromatic heterocycles. The summed E-state index contributed by atoms with van der Waals surface area (Å²) >= 11 is 2.11. The van der Waals surface area contributed by atoms with Gasteiger partial charge in [0.25, 0.3) is 0 Å². The van der Waals surface area contributed by atoms with Gasteiger partial charge >= 0.3 is 0 Å². The lowest BCUT2D eigenvalue weighted by atomic mass is 10.1. The molecule has 3 rings (SSSR count). The van der Waals surface area contributed by atoms with E-state index in [0.717, 1.165) is 12.1 Å². The number of hydrogen-bond donors (Lipinski definition) is 1. The van der Waals surface area contributed by atoms with E-state index < -0.39 is 0 Å². The highest BCUT2D eigenvalue weighted by Gasteiger charge is 2.27. The smallest absolute Gasteiger partial charge is 0.0285 e. The van der Waals surface area contributed by atoms with Gasteiger partial charge in [-0.3, -0.25) is 9.80 Å². The second-order valence-electron chi connectivity index (χ2n) is 6.00. The minimum Gasteiger partial charge on any atom is -0.311 e. The molecule has 1 atom stereocenters. The molecule has 104 valence electrons. The van der Waals surface area contributed by atoms with Gasteiger partial charge in [-0.2, -0.15) is 11.8 Å². The molecule has 3 nitrogen and oxygen atoms in total. The summed E-state index contributed by atoms with van der Waals surface area (Å²) in [5, 5.41) is 3.66. The van der Waals surface area contributed by atoms with E-state index in [0.29, 0.717) is 0 Å². The first-order chi connectivity index (χ1) is 8.92. The third-order valence-corrected chi connectivity index (χ3v) is 5.86. The third kappa shape index (κ3) is 3.41. The van der Waals surface area contributed by atoms with Crippen molar-refractivity contribution in [2.45, 2.75) is 37.8 Å². The van der Waals surface area contributed by atoms with E-state index in [1.807, 2.05) is 0 Å². The summed E-state index contributed by atoms with van der Waals surface area (Å²) in [5.74, 6) is 2.61. The van der Waals surface area contributed by atoms with Gasteiger partial charge in [-0.15, -0.1) is 0 Å². The Bertz CT molecular complexity index is 241. The fourth-order valence-corrected chi connectivity index (χ4v) is 4.57. The van der Waals surface area contributed by atoms with Gasteiger partial charge in [0.15, 0.2) is 0 Å². The van der Waals surface area contributed by atoms with Crippen LogP contribution in [0.25, 0.3) is 0 Å². The summed E-state index contributed by atoms with van der Waals surface area (Å²) in [5.41, 5.74) is 0. The van der Waals surface area contributed by atoms with E-state index in [1.165, 1.54) is 76.5 Å². The van der Waals surface area contributed by atoms with Crippen molar-refractivity contribution in [1.29, 1.82) is 0 Å². The van der Waals surface area contributed by atoms with E-state index in [1.54, 1.807) is 0 Å². The predicted octanol–water partition coefficient (Wildman–Crippen LogP) is 1.25. The van der Waals surface area contributed by atoms with Gasteiger partial charge in [0.2, 0.25) is 0 Å².